The van der Waals surface area contributed by atoms with E-state index in [0.717, 1.165) is 20.3 Å². The van der Waals surface area contributed by atoms with Gasteiger partial charge < -0.3 is 9.84 Å². The summed E-state index contributed by atoms with van der Waals surface area (Å²) in [6, 6.07) is 7.76. The van der Waals surface area contributed by atoms with E-state index in [1.54, 1.807) is 12.4 Å². The van der Waals surface area contributed by atoms with E-state index < -0.39 is 6.10 Å². The van der Waals surface area contributed by atoms with Crippen molar-refractivity contribution in [2.75, 3.05) is 6.61 Å². The molecule has 0 bridgehead atoms. The van der Waals surface area contributed by atoms with E-state index in [0.29, 0.717) is 12.4 Å². The first-order chi connectivity index (χ1) is 9.13. The third-order valence-corrected chi connectivity index (χ3v) is 4.35. The second-order valence-corrected chi connectivity index (χ2v) is 5.35. The highest BCUT2D eigenvalue weighted by molar-refractivity contribution is 14.1. The van der Waals surface area contributed by atoms with Crippen LogP contribution in [0, 0.1) is 10.5 Å². The number of aryl methyl sites for hydroxylation is 1. The lowest BCUT2D eigenvalue weighted by Crippen LogP contribution is -2.04. The molecule has 100 valence electrons. The van der Waals surface area contributed by atoms with Gasteiger partial charge in [-0.2, -0.15) is 0 Å². The minimum Gasteiger partial charge on any atom is -0.492 e. The second kappa shape index (κ2) is 6.34. The summed E-state index contributed by atoms with van der Waals surface area (Å²) in [5.41, 5.74) is 2.80. The van der Waals surface area contributed by atoms with Crippen molar-refractivity contribution >= 4 is 22.6 Å². The zero-order valence-electron chi connectivity index (χ0n) is 10.9. The lowest BCUT2D eigenvalue weighted by atomic mass is 10.0. The van der Waals surface area contributed by atoms with Crippen molar-refractivity contribution in [1.82, 2.24) is 4.98 Å². The van der Waals surface area contributed by atoms with E-state index in [-0.39, 0.29) is 0 Å². The van der Waals surface area contributed by atoms with Crippen molar-refractivity contribution < 1.29 is 9.84 Å². The van der Waals surface area contributed by atoms with Crippen molar-refractivity contribution in [2.45, 2.75) is 20.0 Å². The van der Waals surface area contributed by atoms with Crippen LogP contribution in [0.15, 0.2) is 36.7 Å². The maximum Gasteiger partial charge on any atom is 0.137 e. The van der Waals surface area contributed by atoms with E-state index in [2.05, 4.69) is 27.6 Å². The molecule has 0 aliphatic carbocycles. The molecule has 3 nitrogen and oxygen atoms in total. The summed E-state index contributed by atoms with van der Waals surface area (Å²) in [5, 5.41) is 10.5. The molecule has 1 heterocycles. The van der Waals surface area contributed by atoms with Crippen LogP contribution in [0.2, 0.25) is 0 Å². The number of hydrogen-bond donors (Lipinski definition) is 1. The highest BCUT2D eigenvalue weighted by atomic mass is 127. The number of aromatic nitrogens is 1. The summed E-state index contributed by atoms with van der Waals surface area (Å²) >= 11 is 2.26. The highest BCUT2D eigenvalue weighted by Gasteiger charge is 2.15. The molecule has 0 radical (unpaired) electrons. The molecule has 0 saturated heterocycles. The lowest BCUT2D eigenvalue weighted by molar-refractivity contribution is 0.218. The number of benzene rings is 1. The Labute approximate surface area is 126 Å². The van der Waals surface area contributed by atoms with Crippen LogP contribution in [-0.4, -0.2) is 16.7 Å². The van der Waals surface area contributed by atoms with Gasteiger partial charge in [-0.25, -0.2) is 0 Å². The van der Waals surface area contributed by atoms with E-state index in [1.165, 1.54) is 0 Å². The van der Waals surface area contributed by atoms with Gasteiger partial charge in [0, 0.05) is 15.3 Å². The van der Waals surface area contributed by atoms with Crippen molar-refractivity contribution in [2.24, 2.45) is 0 Å². The zero-order chi connectivity index (χ0) is 13.8. The van der Waals surface area contributed by atoms with Gasteiger partial charge in [-0.1, -0.05) is 18.2 Å². The first-order valence-corrected chi connectivity index (χ1v) is 7.22. The zero-order valence-corrected chi connectivity index (χ0v) is 13.1. The van der Waals surface area contributed by atoms with Gasteiger partial charge in [0.25, 0.3) is 0 Å². The monoisotopic (exact) mass is 369 g/mol. The van der Waals surface area contributed by atoms with E-state index >= 15 is 0 Å². The van der Waals surface area contributed by atoms with Crippen LogP contribution in [0.4, 0.5) is 0 Å². The summed E-state index contributed by atoms with van der Waals surface area (Å²) in [5.74, 6) is 0.682. The average Bonchev–Trinajstić information content (AvgIpc) is 2.42. The van der Waals surface area contributed by atoms with Crippen LogP contribution in [0.5, 0.6) is 5.75 Å². The van der Waals surface area contributed by atoms with Crippen molar-refractivity contribution in [3.05, 3.63) is 56.9 Å². The number of aliphatic hydroxyl groups excluding tert-OH is 1. The minimum absolute atomic E-state index is 0.587. The SMILES string of the molecule is CCOc1cncc(C(O)c2cccc(C)c2I)c1. The molecule has 0 aliphatic rings. The number of nitrogens with zero attached hydrogens (tertiary/aromatic N) is 1. The predicted molar refractivity (Wildman–Crippen MR) is 83.4 cm³/mol. The first kappa shape index (κ1) is 14.3. The molecule has 0 spiro atoms. The molecule has 2 aromatic rings. The smallest absolute Gasteiger partial charge is 0.137 e. The molecule has 1 unspecified atom stereocenters. The fourth-order valence-corrected chi connectivity index (χ4v) is 2.55. The number of ether oxygens (including phenoxy) is 1. The fraction of sp³-hybridized carbons (Fsp3) is 0.267. The topological polar surface area (TPSA) is 42.4 Å². The number of rotatable bonds is 4. The van der Waals surface area contributed by atoms with Crippen LogP contribution in [0.1, 0.15) is 29.7 Å². The Bertz CT molecular complexity index is 572. The average molecular weight is 369 g/mol. The van der Waals surface area contributed by atoms with Gasteiger partial charge in [-0.05, 0) is 53.6 Å². The Hall–Kier alpha value is -1.14. The quantitative estimate of drug-likeness (QED) is 0.840. The molecule has 1 aromatic heterocycles. The third-order valence-electron chi connectivity index (χ3n) is 2.88. The molecule has 19 heavy (non-hydrogen) atoms. The largest absolute Gasteiger partial charge is 0.492 e. The fourth-order valence-electron chi connectivity index (χ4n) is 1.89. The van der Waals surface area contributed by atoms with Gasteiger partial charge in [-0.3, -0.25) is 4.98 Å². The van der Waals surface area contributed by atoms with Gasteiger partial charge in [0.05, 0.1) is 12.8 Å². The molecule has 0 saturated carbocycles. The van der Waals surface area contributed by atoms with E-state index in [9.17, 15) is 5.11 Å². The molecule has 1 N–H and O–H groups in total. The summed E-state index contributed by atoms with van der Waals surface area (Å²) < 4.78 is 6.49. The molecule has 1 atom stereocenters. The van der Waals surface area contributed by atoms with E-state index in [4.69, 9.17) is 4.74 Å². The first-order valence-electron chi connectivity index (χ1n) is 6.14. The van der Waals surface area contributed by atoms with Crippen LogP contribution >= 0.6 is 22.6 Å². The van der Waals surface area contributed by atoms with Crippen LogP contribution < -0.4 is 4.74 Å². The molecule has 0 fully saturated rings. The molecule has 0 amide bonds. The standard InChI is InChI=1S/C15H16INO2/c1-3-19-12-7-11(8-17-9-12)15(18)13-6-4-5-10(2)14(13)16/h4-9,15,18H,3H2,1-2H3. The summed E-state index contributed by atoms with van der Waals surface area (Å²) in [6.07, 6.45) is 2.65. The number of pyridine rings is 1. The third kappa shape index (κ3) is 3.25. The number of aliphatic hydroxyl groups is 1. The second-order valence-electron chi connectivity index (χ2n) is 4.27. The van der Waals surface area contributed by atoms with E-state index in [1.807, 2.05) is 38.1 Å². The Morgan fingerprint density at radius 3 is 2.89 bits per heavy atom. The van der Waals surface area contributed by atoms with Crippen LogP contribution in [-0.2, 0) is 0 Å². The maximum absolute atomic E-state index is 10.5. The van der Waals surface area contributed by atoms with Crippen molar-refractivity contribution in [3.8, 4) is 5.75 Å². The molecule has 0 aliphatic heterocycles. The lowest BCUT2D eigenvalue weighted by Gasteiger charge is -2.15. The number of halogens is 1. The summed E-state index contributed by atoms with van der Waals surface area (Å²) in [7, 11) is 0. The highest BCUT2D eigenvalue weighted by Crippen LogP contribution is 2.29. The van der Waals surface area contributed by atoms with Crippen molar-refractivity contribution in [1.29, 1.82) is 0 Å². The maximum atomic E-state index is 10.5. The van der Waals surface area contributed by atoms with Gasteiger partial charge >= 0.3 is 0 Å². The van der Waals surface area contributed by atoms with Gasteiger partial charge in [0.1, 0.15) is 11.9 Å². The van der Waals surface area contributed by atoms with Crippen molar-refractivity contribution in [3.63, 3.8) is 0 Å². The molecular formula is C15H16INO2. The van der Waals surface area contributed by atoms with Gasteiger partial charge in [-0.15, -0.1) is 0 Å². The normalized spacial score (nSPS) is 12.2. The Balaban J connectivity index is 2.35. The summed E-state index contributed by atoms with van der Waals surface area (Å²) in [6.45, 7) is 4.54. The minimum atomic E-state index is -0.681. The molecule has 1 aromatic carbocycles. The Morgan fingerprint density at radius 1 is 1.37 bits per heavy atom. The van der Waals surface area contributed by atoms with Crippen LogP contribution in [0.3, 0.4) is 0 Å². The molecular weight excluding hydrogens is 353 g/mol. The number of hydrogen-bond acceptors (Lipinski definition) is 3. The van der Waals surface area contributed by atoms with Gasteiger partial charge in [0.15, 0.2) is 0 Å². The molecule has 2 rings (SSSR count). The Kier molecular flexibility index (Phi) is 4.76. The predicted octanol–water partition coefficient (Wildman–Crippen LogP) is 3.48. The Morgan fingerprint density at radius 2 is 2.16 bits per heavy atom. The summed E-state index contributed by atoms with van der Waals surface area (Å²) in [4.78, 5) is 4.11. The molecule has 4 heteroatoms. The van der Waals surface area contributed by atoms with Gasteiger partial charge in [0.2, 0.25) is 0 Å². The van der Waals surface area contributed by atoms with Crippen LogP contribution in [0.25, 0.3) is 0 Å².